The summed E-state index contributed by atoms with van der Waals surface area (Å²) in [5.74, 6) is 1.12. The van der Waals surface area contributed by atoms with Gasteiger partial charge in [0.05, 0.1) is 11.8 Å². The number of fused-ring (bicyclic) bond motifs is 2. The zero-order valence-corrected chi connectivity index (χ0v) is 32.5. The van der Waals surface area contributed by atoms with Crippen molar-refractivity contribution in [1.29, 1.82) is 0 Å². The highest BCUT2D eigenvalue weighted by Crippen LogP contribution is 2.59. The van der Waals surface area contributed by atoms with Gasteiger partial charge in [0.25, 0.3) is 0 Å². The van der Waals surface area contributed by atoms with Crippen molar-refractivity contribution in [1.82, 2.24) is 0 Å². The predicted octanol–water partition coefficient (Wildman–Crippen LogP) is 14.1. The average molecular weight is 734 g/mol. The maximum absolute atomic E-state index is 5.63. The molecule has 3 aliphatic carbocycles. The second-order valence-corrected chi connectivity index (χ2v) is 16.1. The minimum atomic E-state index is -0.294. The van der Waals surface area contributed by atoms with E-state index in [0.717, 1.165) is 25.0 Å². The van der Waals surface area contributed by atoms with Crippen LogP contribution in [0.3, 0.4) is 0 Å². The summed E-state index contributed by atoms with van der Waals surface area (Å²) in [5, 5.41) is 0. The van der Waals surface area contributed by atoms with E-state index in [9.17, 15) is 0 Å². The maximum Gasteiger partial charge on any atom is 0.0796 e. The number of rotatable bonds is 7. The van der Waals surface area contributed by atoms with Gasteiger partial charge in [0.15, 0.2) is 0 Å². The molecule has 1 heteroatoms. The Bertz CT molecular complexity index is 2580. The highest BCUT2D eigenvalue weighted by molar-refractivity contribution is 6.14. The lowest BCUT2D eigenvalue weighted by molar-refractivity contribution is 0.337. The number of hydrogen-bond acceptors (Lipinski definition) is 1. The van der Waals surface area contributed by atoms with E-state index in [1.807, 2.05) is 0 Å². The first kappa shape index (κ1) is 35.1. The third kappa shape index (κ3) is 6.32. The topological polar surface area (TPSA) is 12.4 Å². The standard InChI is InChI=1S/C56H47N/c1-39-50-24-11-13-26-52(50)56(48-21-9-4-10-22-48,53-27-14-12-25-51(39)53)49-23-15-20-46(36-49)55-38-47(44-30-28-42(29-31-44)40-16-5-2-6-17-40)37-54(57-55)45-34-32-43(33-35-45)41-18-7-3-8-19-41/h2-22,24,26-36,38-39,49,51,54H,23,25,37H2,1H3. The molecular formula is C56H47N. The summed E-state index contributed by atoms with van der Waals surface area (Å²) in [5.41, 5.74) is 16.6. The van der Waals surface area contributed by atoms with E-state index < -0.39 is 0 Å². The molecule has 0 N–H and O–H groups in total. The van der Waals surface area contributed by atoms with Crippen molar-refractivity contribution in [2.24, 2.45) is 16.8 Å². The number of nitrogens with zero attached hydrogens (tertiary/aromatic N) is 1. The molecule has 57 heavy (non-hydrogen) atoms. The molecule has 6 aromatic carbocycles. The van der Waals surface area contributed by atoms with Crippen LogP contribution in [0.2, 0.25) is 0 Å². The summed E-state index contributed by atoms with van der Waals surface area (Å²) in [6.45, 7) is 2.44. The Kier molecular flexibility index (Phi) is 9.23. The normalized spacial score (nSPS) is 23.7. The Hall–Kier alpha value is -6.31. The van der Waals surface area contributed by atoms with Gasteiger partial charge in [-0.2, -0.15) is 0 Å². The molecule has 1 heterocycles. The van der Waals surface area contributed by atoms with Gasteiger partial charge in [-0.3, -0.25) is 4.99 Å². The Balaban J connectivity index is 1.10. The largest absolute Gasteiger partial charge is 0.276 e. The quantitative estimate of drug-likeness (QED) is 0.155. The molecule has 5 unspecified atom stereocenters. The van der Waals surface area contributed by atoms with Gasteiger partial charge in [-0.15, -0.1) is 0 Å². The molecule has 0 bridgehead atoms. The summed E-state index contributed by atoms with van der Waals surface area (Å²) in [6, 6.07) is 60.2. The van der Waals surface area contributed by atoms with Crippen molar-refractivity contribution in [2.45, 2.75) is 43.6 Å². The lowest BCUT2D eigenvalue weighted by Crippen LogP contribution is -2.46. The Morgan fingerprint density at radius 2 is 1.18 bits per heavy atom. The van der Waals surface area contributed by atoms with Crippen LogP contribution in [0.15, 0.2) is 222 Å². The number of allylic oxidation sites excluding steroid dienone is 9. The molecular weight excluding hydrogens is 687 g/mol. The van der Waals surface area contributed by atoms with Gasteiger partial charge in [0, 0.05) is 5.41 Å². The highest BCUT2D eigenvalue weighted by atomic mass is 14.8. The van der Waals surface area contributed by atoms with Crippen LogP contribution in [0.1, 0.15) is 66.0 Å². The molecule has 10 rings (SSSR count). The van der Waals surface area contributed by atoms with Crippen LogP contribution in [0.5, 0.6) is 0 Å². The lowest BCUT2D eigenvalue weighted by atomic mass is 9.50. The average Bonchev–Trinajstić information content (AvgIpc) is 3.30. The van der Waals surface area contributed by atoms with E-state index in [0.29, 0.717) is 11.8 Å². The zero-order valence-electron chi connectivity index (χ0n) is 32.5. The van der Waals surface area contributed by atoms with Gasteiger partial charge < -0.3 is 0 Å². The molecule has 0 saturated carbocycles. The molecule has 0 radical (unpaired) electrons. The van der Waals surface area contributed by atoms with Crippen LogP contribution in [-0.2, 0) is 5.41 Å². The van der Waals surface area contributed by atoms with Gasteiger partial charge >= 0.3 is 0 Å². The molecule has 0 aromatic heterocycles. The Morgan fingerprint density at radius 1 is 0.579 bits per heavy atom. The van der Waals surface area contributed by atoms with E-state index in [1.54, 1.807) is 5.57 Å². The molecule has 276 valence electrons. The van der Waals surface area contributed by atoms with E-state index in [4.69, 9.17) is 4.99 Å². The van der Waals surface area contributed by atoms with Crippen LogP contribution in [0.4, 0.5) is 0 Å². The van der Waals surface area contributed by atoms with Gasteiger partial charge in [-0.25, -0.2) is 0 Å². The molecule has 4 aliphatic rings. The monoisotopic (exact) mass is 733 g/mol. The third-order valence-corrected chi connectivity index (χ3v) is 13.1. The summed E-state index contributed by atoms with van der Waals surface area (Å²) < 4.78 is 0. The fourth-order valence-corrected chi connectivity index (χ4v) is 10.2. The van der Waals surface area contributed by atoms with Crippen molar-refractivity contribution in [2.75, 3.05) is 0 Å². The minimum Gasteiger partial charge on any atom is -0.276 e. The molecule has 1 aliphatic heterocycles. The lowest BCUT2D eigenvalue weighted by Gasteiger charge is -2.52. The van der Waals surface area contributed by atoms with Crippen LogP contribution in [-0.4, -0.2) is 5.71 Å². The summed E-state index contributed by atoms with van der Waals surface area (Å²) in [6.07, 6.45) is 19.7. The van der Waals surface area contributed by atoms with E-state index >= 15 is 0 Å². The summed E-state index contributed by atoms with van der Waals surface area (Å²) in [4.78, 5) is 5.63. The van der Waals surface area contributed by atoms with E-state index in [2.05, 4.69) is 213 Å². The molecule has 0 fully saturated rings. The zero-order chi connectivity index (χ0) is 38.2. The first-order valence-electron chi connectivity index (χ1n) is 20.7. The second kappa shape index (κ2) is 15.0. The Morgan fingerprint density at radius 3 is 1.88 bits per heavy atom. The SMILES string of the molecule is CC1c2ccccc2C(c2ccccc2)(C2C=C(C3=NC(c4ccc(-c5ccccc5)cc4)CC(c4ccc(-c5ccccc5)cc4)=C3)C=CC2)C2=CC=CCC21. The fourth-order valence-electron chi connectivity index (χ4n) is 10.2. The second-order valence-electron chi connectivity index (χ2n) is 16.1. The molecule has 0 saturated heterocycles. The predicted molar refractivity (Wildman–Crippen MR) is 239 cm³/mol. The van der Waals surface area contributed by atoms with Crippen molar-refractivity contribution < 1.29 is 0 Å². The molecule has 6 aromatic rings. The number of dihydropyridines is 1. The van der Waals surface area contributed by atoms with Crippen LogP contribution in [0.25, 0.3) is 27.8 Å². The van der Waals surface area contributed by atoms with Gasteiger partial charge in [-0.05, 0) is 104 Å². The smallest absolute Gasteiger partial charge is 0.0796 e. The van der Waals surface area contributed by atoms with Gasteiger partial charge in [0.2, 0.25) is 0 Å². The molecule has 0 spiro atoms. The number of aliphatic imine (C=N–C) groups is 1. The van der Waals surface area contributed by atoms with Crippen LogP contribution < -0.4 is 0 Å². The maximum atomic E-state index is 5.63. The highest BCUT2D eigenvalue weighted by Gasteiger charge is 2.52. The third-order valence-electron chi connectivity index (χ3n) is 13.1. The van der Waals surface area contributed by atoms with Gasteiger partial charge in [0.1, 0.15) is 0 Å². The van der Waals surface area contributed by atoms with Crippen molar-refractivity contribution >= 4 is 11.3 Å². The summed E-state index contributed by atoms with van der Waals surface area (Å²) in [7, 11) is 0. The first-order chi connectivity index (χ1) is 28.2. The number of hydrogen-bond donors (Lipinski definition) is 0. The summed E-state index contributed by atoms with van der Waals surface area (Å²) >= 11 is 0. The first-order valence-corrected chi connectivity index (χ1v) is 20.7. The number of benzene rings is 6. The van der Waals surface area contributed by atoms with Crippen LogP contribution in [0, 0.1) is 11.8 Å². The molecule has 5 atom stereocenters. The van der Waals surface area contributed by atoms with Gasteiger partial charge in [-0.1, -0.05) is 213 Å². The van der Waals surface area contributed by atoms with Crippen LogP contribution >= 0.6 is 0 Å². The van der Waals surface area contributed by atoms with E-state index in [1.165, 1.54) is 61.2 Å². The van der Waals surface area contributed by atoms with E-state index in [-0.39, 0.29) is 17.4 Å². The van der Waals surface area contributed by atoms with Crippen molar-refractivity contribution in [3.05, 3.63) is 245 Å². The van der Waals surface area contributed by atoms with Crippen molar-refractivity contribution in [3.63, 3.8) is 0 Å². The fraction of sp³-hybridized carbons (Fsp3) is 0.161. The molecule has 1 nitrogen and oxygen atoms in total. The van der Waals surface area contributed by atoms with Crippen molar-refractivity contribution in [3.8, 4) is 22.3 Å². The Labute approximate surface area is 337 Å². The molecule has 0 amide bonds. The minimum absolute atomic E-state index is 0.00297.